The van der Waals surface area contributed by atoms with Gasteiger partial charge in [-0.05, 0) is 24.3 Å². The van der Waals surface area contributed by atoms with Gasteiger partial charge < -0.3 is 5.73 Å². The Labute approximate surface area is 103 Å². The van der Waals surface area contributed by atoms with Crippen LogP contribution in [0.5, 0.6) is 0 Å². The van der Waals surface area contributed by atoms with Crippen molar-refractivity contribution < 1.29 is 0 Å². The molecule has 4 heteroatoms. The van der Waals surface area contributed by atoms with Gasteiger partial charge in [0.1, 0.15) is 5.01 Å². The zero-order valence-electron chi connectivity index (χ0n) is 8.98. The summed E-state index contributed by atoms with van der Waals surface area (Å²) in [7, 11) is 0. The lowest BCUT2D eigenvalue weighted by atomic mass is 9.67. The van der Waals surface area contributed by atoms with E-state index in [9.17, 15) is 0 Å². The van der Waals surface area contributed by atoms with Crippen LogP contribution in [0.25, 0.3) is 9.88 Å². The van der Waals surface area contributed by atoms with Gasteiger partial charge in [0.15, 0.2) is 0 Å². The molecule has 0 aliphatic heterocycles. The summed E-state index contributed by atoms with van der Waals surface area (Å²) in [5.74, 6) is 0. The average Bonchev–Trinajstić information content (AvgIpc) is 2.86. The van der Waals surface area contributed by atoms with Crippen LogP contribution in [0.1, 0.15) is 25.0 Å². The lowest BCUT2D eigenvalue weighted by Crippen LogP contribution is -2.41. The fraction of sp³-hybridized carbons (Fsp3) is 0.417. The first-order valence-electron chi connectivity index (χ1n) is 5.54. The third-order valence-corrected chi connectivity index (χ3v) is 5.36. The van der Waals surface area contributed by atoms with E-state index in [1.54, 1.807) is 22.7 Å². The second-order valence-electron chi connectivity index (χ2n) is 4.35. The molecular formula is C12H14N2S2. The van der Waals surface area contributed by atoms with Crippen molar-refractivity contribution in [2.75, 3.05) is 6.54 Å². The molecule has 2 nitrogen and oxygen atoms in total. The number of thiazole rings is 1. The van der Waals surface area contributed by atoms with Crippen molar-refractivity contribution in [1.29, 1.82) is 0 Å². The molecule has 0 radical (unpaired) electrons. The molecule has 3 rings (SSSR count). The van der Waals surface area contributed by atoms with Gasteiger partial charge in [-0.15, -0.1) is 22.7 Å². The molecular weight excluding hydrogens is 236 g/mol. The van der Waals surface area contributed by atoms with Crippen LogP contribution < -0.4 is 5.73 Å². The van der Waals surface area contributed by atoms with Crippen molar-refractivity contribution in [3.8, 4) is 9.88 Å². The van der Waals surface area contributed by atoms with Crippen molar-refractivity contribution in [2.45, 2.75) is 24.7 Å². The van der Waals surface area contributed by atoms with Gasteiger partial charge >= 0.3 is 0 Å². The van der Waals surface area contributed by atoms with Crippen molar-refractivity contribution in [1.82, 2.24) is 4.98 Å². The number of hydrogen-bond acceptors (Lipinski definition) is 4. The van der Waals surface area contributed by atoms with Gasteiger partial charge in [0.25, 0.3) is 0 Å². The number of hydrogen-bond donors (Lipinski definition) is 1. The molecule has 2 aromatic heterocycles. The molecule has 1 aliphatic carbocycles. The van der Waals surface area contributed by atoms with Crippen molar-refractivity contribution in [2.24, 2.45) is 5.73 Å². The first-order chi connectivity index (χ1) is 7.84. The number of thiophene rings is 1. The minimum absolute atomic E-state index is 0.200. The second-order valence-corrected chi connectivity index (χ2v) is 6.16. The average molecular weight is 250 g/mol. The van der Waals surface area contributed by atoms with Crippen LogP contribution >= 0.6 is 22.7 Å². The molecule has 2 N–H and O–H groups in total. The Morgan fingerprint density at radius 1 is 1.38 bits per heavy atom. The fourth-order valence-electron chi connectivity index (χ4n) is 2.20. The summed E-state index contributed by atoms with van der Waals surface area (Å²) in [6.45, 7) is 0.737. The Bertz CT molecular complexity index is 463. The van der Waals surface area contributed by atoms with Crippen molar-refractivity contribution in [3.05, 3.63) is 28.6 Å². The normalized spacial score (nSPS) is 18.3. The smallest absolute Gasteiger partial charge is 0.133 e. The highest BCUT2D eigenvalue weighted by Crippen LogP contribution is 2.44. The van der Waals surface area contributed by atoms with Crippen LogP contribution in [0.15, 0.2) is 22.9 Å². The highest BCUT2D eigenvalue weighted by molar-refractivity contribution is 7.20. The summed E-state index contributed by atoms with van der Waals surface area (Å²) in [4.78, 5) is 6.03. The fourth-order valence-corrected chi connectivity index (χ4v) is 3.96. The second kappa shape index (κ2) is 3.95. The zero-order valence-corrected chi connectivity index (χ0v) is 10.6. The van der Waals surface area contributed by atoms with Gasteiger partial charge in [-0.3, -0.25) is 0 Å². The molecule has 1 aliphatic rings. The molecule has 84 valence electrons. The number of rotatable bonds is 3. The highest BCUT2D eigenvalue weighted by atomic mass is 32.1. The van der Waals surface area contributed by atoms with Crippen LogP contribution in [-0.2, 0) is 5.41 Å². The molecule has 0 unspecified atom stereocenters. The molecule has 1 fully saturated rings. The first-order valence-corrected chi connectivity index (χ1v) is 7.30. The molecule has 0 spiro atoms. The molecule has 0 saturated heterocycles. The summed E-state index contributed by atoms with van der Waals surface area (Å²) >= 11 is 3.49. The zero-order chi connectivity index (χ0) is 11.0. The molecule has 0 amide bonds. The maximum Gasteiger partial charge on any atom is 0.133 e. The van der Waals surface area contributed by atoms with Crippen molar-refractivity contribution in [3.63, 3.8) is 0 Å². The standard InChI is InChI=1S/C12H14N2S2/c13-8-12(4-2-5-12)10-7-16-11(14-10)9-3-1-6-15-9/h1,3,6-7H,2,4-5,8,13H2. The minimum atomic E-state index is 0.200. The van der Waals surface area contributed by atoms with E-state index >= 15 is 0 Å². The summed E-state index contributed by atoms with van der Waals surface area (Å²) in [6, 6.07) is 4.20. The van der Waals surface area contributed by atoms with Gasteiger partial charge in [-0.2, -0.15) is 0 Å². The molecule has 0 aromatic carbocycles. The lowest BCUT2D eigenvalue weighted by Gasteiger charge is -2.39. The number of nitrogens with two attached hydrogens (primary N) is 1. The van der Waals surface area contributed by atoms with Gasteiger partial charge in [0.2, 0.25) is 0 Å². The van der Waals surface area contributed by atoms with Crippen LogP contribution in [-0.4, -0.2) is 11.5 Å². The maximum absolute atomic E-state index is 5.90. The summed E-state index contributed by atoms with van der Waals surface area (Å²) in [5, 5.41) is 5.43. The summed E-state index contributed by atoms with van der Waals surface area (Å²) in [5.41, 5.74) is 7.31. The van der Waals surface area contributed by atoms with Crippen LogP contribution in [0.3, 0.4) is 0 Å². The van der Waals surface area contributed by atoms with Gasteiger partial charge in [0.05, 0.1) is 10.6 Å². The Balaban J connectivity index is 1.93. The Morgan fingerprint density at radius 3 is 2.81 bits per heavy atom. The van der Waals surface area contributed by atoms with E-state index in [1.807, 2.05) is 0 Å². The largest absolute Gasteiger partial charge is 0.330 e. The first kappa shape index (κ1) is 10.4. The monoisotopic (exact) mass is 250 g/mol. The Morgan fingerprint density at radius 2 is 2.25 bits per heavy atom. The van der Waals surface area contributed by atoms with Gasteiger partial charge in [-0.25, -0.2) is 4.98 Å². The van der Waals surface area contributed by atoms with E-state index in [0.29, 0.717) is 0 Å². The lowest BCUT2D eigenvalue weighted by molar-refractivity contribution is 0.247. The third kappa shape index (κ3) is 1.52. The number of nitrogens with zero attached hydrogens (tertiary/aromatic N) is 1. The van der Waals surface area contributed by atoms with Crippen LogP contribution in [0.4, 0.5) is 0 Å². The molecule has 0 bridgehead atoms. The van der Waals surface area contributed by atoms with E-state index in [2.05, 4.69) is 22.9 Å². The topological polar surface area (TPSA) is 38.9 Å². The third-order valence-electron chi connectivity index (χ3n) is 3.48. The van der Waals surface area contributed by atoms with Crippen molar-refractivity contribution >= 4 is 22.7 Å². The van der Waals surface area contributed by atoms with Crippen LogP contribution in [0.2, 0.25) is 0 Å². The predicted octanol–water partition coefficient (Wildman–Crippen LogP) is 3.25. The van der Waals surface area contributed by atoms with E-state index in [4.69, 9.17) is 10.7 Å². The quantitative estimate of drug-likeness (QED) is 0.908. The highest BCUT2D eigenvalue weighted by Gasteiger charge is 2.39. The summed E-state index contributed by atoms with van der Waals surface area (Å²) < 4.78 is 0. The molecule has 2 aromatic rings. The molecule has 0 atom stereocenters. The Hall–Kier alpha value is -0.710. The molecule has 2 heterocycles. The molecule has 1 saturated carbocycles. The minimum Gasteiger partial charge on any atom is -0.330 e. The Kier molecular flexibility index (Phi) is 2.58. The van der Waals surface area contributed by atoms with E-state index in [-0.39, 0.29) is 5.41 Å². The molecule has 16 heavy (non-hydrogen) atoms. The number of aromatic nitrogens is 1. The van der Waals surface area contributed by atoms with E-state index in [0.717, 1.165) is 11.6 Å². The maximum atomic E-state index is 5.90. The predicted molar refractivity (Wildman–Crippen MR) is 70.0 cm³/mol. The van der Waals surface area contributed by atoms with Gasteiger partial charge in [0, 0.05) is 17.3 Å². The van der Waals surface area contributed by atoms with E-state index < -0.39 is 0 Å². The van der Waals surface area contributed by atoms with E-state index in [1.165, 1.54) is 29.8 Å². The summed E-state index contributed by atoms with van der Waals surface area (Å²) in [6.07, 6.45) is 3.71. The van der Waals surface area contributed by atoms with Crippen LogP contribution in [0, 0.1) is 0 Å². The van der Waals surface area contributed by atoms with Gasteiger partial charge in [-0.1, -0.05) is 12.5 Å². The SMILES string of the molecule is NCC1(c2csc(-c3cccs3)n2)CCC1.